The summed E-state index contributed by atoms with van der Waals surface area (Å²) >= 11 is 0. The zero-order chi connectivity index (χ0) is 12.3. The molecule has 1 amide bonds. The van der Waals surface area contributed by atoms with E-state index in [-0.39, 0.29) is 18.1 Å². The number of amides is 1. The van der Waals surface area contributed by atoms with Crippen LogP contribution in [0.2, 0.25) is 0 Å². The van der Waals surface area contributed by atoms with Crippen molar-refractivity contribution in [3.63, 3.8) is 0 Å². The average molecular weight is 240 g/mol. The van der Waals surface area contributed by atoms with E-state index in [1.54, 1.807) is 0 Å². The maximum absolute atomic E-state index is 12.2. The van der Waals surface area contributed by atoms with E-state index in [0.29, 0.717) is 12.6 Å². The Hall–Kier alpha value is -0.610. The fourth-order valence-electron chi connectivity index (χ4n) is 2.25. The van der Waals surface area contributed by atoms with E-state index in [1.165, 1.54) is 12.8 Å². The number of rotatable bonds is 6. The Morgan fingerprint density at radius 3 is 2.82 bits per heavy atom. The van der Waals surface area contributed by atoms with Crippen molar-refractivity contribution < 1.29 is 9.53 Å². The minimum absolute atomic E-state index is 0.0651. The quantitative estimate of drug-likeness (QED) is 0.757. The van der Waals surface area contributed by atoms with Crippen LogP contribution in [-0.2, 0) is 9.53 Å². The van der Waals surface area contributed by atoms with E-state index in [0.717, 1.165) is 25.9 Å². The van der Waals surface area contributed by atoms with Gasteiger partial charge in [0, 0.05) is 19.1 Å². The number of hydrogen-bond acceptors (Lipinski definition) is 3. The largest absolute Gasteiger partial charge is 0.377 e. The molecule has 0 bridgehead atoms. The number of piperidine rings is 1. The van der Waals surface area contributed by atoms with Gasteiger partial charge in [-0.05, 0) is 39.5 Å². The molecule has 98 valence electrons. The SMILES string of the molecule is CC(C)OCCN1CCCC(NC2CC2)C1=O. The van der Waals surface area contributed by atoms with Gasteiger partial charge in [-0.3, -0.25) is 4.79 Å². The van der Waals surface area contributed by atoms with E-state index in [4.69, 9.17) is 4.74 Å². The van der Waals surface area contributed by atoms with Crippen molar-refractivity contribution in [2.45, 2.75) is 57.7 Å². The normalized spacial score (nSPS) is 25.7. The highest BCUT2D eigenvalue weighted by atomic mass is 16.5. The zero-order valence-electron chi connectivity index (χ0n) is 10.9. The molecule has 0 aromatic heterocycles. The number of carbonyl (C=O) groups excluding carboxylic acids is 1. The first-order chi connectivity index (χ1) is 8.16. The predicted octanol–water partition coefficient (Wildman–Crippen LogP) is 1.15. The summed E-state index contributed by atoms with van der Waals surface area (Å²) < 4.78 is 5.51. The van der Waals surface area contributed by atoms with Gasteiger partial charge in [-0.2, -0.15) is 0 Å². The maximum Gasteiger partial charge on any atom is 0.239 e. The van der Waals surface area contributed by atoms with Crippen LogP contribution in [0.3, 0.4) is 0 Å². The summed E-state index contributed by atoms with van der Waals surface area (Å²) in [5.41, 5.74) is 0. The molecule has 1 N–H and O–H groups in total. The van der Waals surface area contributed by atoms with Crippen LogP contribution in [0.25, 0.3) is 0 Å². The molecule has 2 aliphatic rings. The van der Waals surface area contributed by atoms with Crippen LogP contribution >= 0.6 is 0 Å². The molecular formula is C13H24N2O2. The average Bonchev–Trinajstić information content (AvgIpc) is 3.07. The first-order valence-corrected chi connectivity index (χ1v) is 6.83. The Morgan fingerprint density at radius 1 is 1.41 bits per heavy atom. The van der Waals surface area contributed by atoms with Crippen molar-refractivity contribution in [1.82, 2.24) is 10.2 Å². The van der Waals surface area contributed by atoms with Crippen molar-refractivity contribution in [2.24, 2.45) is 0 Å². The van der Waals surface area contributed by atoms with Crippen molar-refractivity contribution in [1.29, 1.82) is 0 Å². The van der Waals surface area contributed by atoms with Crippen LogP contribution in [0.15, 0.2) is 0 Å². The lowest BCUT2D eigenvalue weighted by Gasteiger charge is -2.33. The Kier molecular flexibility index (Phi) is 4.40. The van der Waals surface area contributed by atoms with E-state index < -0.39 is 0 Å². The van der Waals surface area contributed by atoms with Gasteiger partial charge in [0.1, 0.15) is 0 Å². The summed E-state index contributed by atoms with van der Waals surface area (Å²) in [4.78, 5) is 14.1. The lowest BCUT2D eigenvalue weighted by atomic mass is 10.0. The highest BCUT2D eigenvalue weighted by Crippen LogP contribution is 2.22. The van der Waals surface area contributed by atoms with Gasteiger partial charge in [0.25, 0.3) is 0 Å². The molecule has 1 aliphatic heterocycles. The topological polar surface area (TPSA) is 41.6 Å². The fraction of sp³-hybridized carbons (Fsp3) is 0.923. The summed E-state index contributed by atoms with van der Waals surface area (Å²) in [5, 5.41) is 3.44. The highest BCUT2D eigenvalue weighted by Gasteiger charge is 2.33. The summed E-state index contributed by atoms with van der Waals surface area (Å²) in [6.45, 7) is 6.33. The van der Waals surface area contributed by atoms with Gasteiger partial charge < -0.3 is 15.0 Å². The molecular weight excluding hydrogens is 216 g/mol. The lowest BCUT2D eigenvalue weighted by Crippen LogP contribution is -2.52. The molecule has 2 rings (SSSR count). The van der Waals surface area contributed by atoms with Crippen LogP contribution in [0.1, 0.15) is 39.5 Å². The molecule has 1 heterocycles. The van der Waals surface area contributed by atoms with Gasteiger partial charge in [-0.25, -0.2) is 0 Å². The predicted molar refractivity (Wildman–Crippen MR) is 66.8 cm³/mol. The molecule has 0 radical (unpaired) electrons. The molecule has 2 fully saturated rings. The van der Waals surface area contributed by atoms with Crippen molar-refractivity contribution in [3.05, 3.63) is 0 Å². The molecule has 0 spiro atoms. The zero-order valence-corrected chi connectivity index (χ0v) is 10.9. The fourth-order valence-corrected chi connectivity index (χ4v) is 2.25. The molecule has 1 unspecified atom stereocenters. The number of ether oxygens (including phenoxy) is 1. The Balaban J connectivity index is 1.74. The van der Waals surface area contributed by atoms with E-state index in [2.05, 4.69) is 5.32 Å². The van der Waals surface area contributed by atoms with Crippen molar-refractivity contribution >= 4 is 5.91 Å². The smallest absolute Gasteiger partial charge is 0.239 e. The van der Waals surface area contributed by atoms with Crippen LogP contribution < -0.4 is 5.32 Å². The van der Waals surface area contributed by atoms with Gasteiger partial charge in [0.05, 0.1) is 18.8 Å². The highest BCUT2D eigenvalue weighted by molar-refractivity contribution is 5.82. The molecule has 4 heteroatoms. The van der Waals surface area contributed by atoms with Gasteiger partial charge in [0.2, 0.25) is 5.91 Å². The van der Waals surface area contributed by atoms with E-state index in [1.807, 2.05) is 18.7 Å². The van der Waals surface area contributed by atoms with Crippen molar-refractivity contribution in [3.8, 4) is 0 Å². The Labute approximate surface area is 104 Å². The molecule has 17 heavy (non-hydrogen) atoms. The number of hydrogen-bond donors (Lipinski definition) is 1. The minimum atomic E-state index is 0.0651. The number of nitrogens with zero attached hydrogens (tertiary/aromatic N) is 1. The number of carbonyl (C=O) groups is 1. The Bertz CT molecular complexity index is 264. The number of likely N-dealkylation sites (tertiary alicyclic amines) is 1. The van der Waals surface area contributed by atoms with Gasteiger partial charge in [-0.1, -0.05) is 0 Å². The number of nitrogens with one attached hydrogen (secondary N) is 1. The molecule has 1 saturated carbocycles. The molecule has 0 aromatic rings. The lowest BCUT2D eigenvalue weighted by molar-refractivity contribution is -0.137. The van der Waals surface area contributed by atoms with E-state index >= 15 is 0 Å². The monoisotopic (exact) mass is 240 g/mol. The van der Waals surface area contributed by atoms with Crippen LogP contribution in [-0.4, -0.2) is 48.7 Å². The molecule has 1 aliphatic carbocycles. The molecule has 0 aromatic carbocycles. The first-order valence-electron chi connectivity index (χ1n) is 6.83. The standard InChI is InChI=1S/C13H24N2O2/c1-10(2)17-9-8-15-7-3-4-12(13(15)16)14-11-5-6-11/h10-12,14H,3-9H2,1-2H3. The second-order valence-corrected chi connectivity index (χ2v) is 5.38. The van der Waals surface area contributed by atoms with Gasteiger partial charge in [0.15, 0.2) is 0 Å². The van der Waals surface area contributed by atoms with Crippen LogP contribution in [0.5, 0.6) is 0 Å². The minimum Gasteiger partial charge on any atom is -0.377 e. The third-order valence-corrected chi connectivity index (χ3v) is 3.36. The second-order valence-electron chi connectivity index (χ2n) is 5.38. The molecule has 1 atom stereocenters. The summed E-state index contributed by atoms with van der Waals surface area (Å²) in [6, 6.07) is 0.672. The third-order valence-electron chi connectivity index (χ3n) is 3.36. The molecule has 4 nitrogen and oxygen atoms in total. The molecule has 1 saturated heterocycles. The third kappa shape index (κ3) is 3.96. The Morgan fingerprint density at radius 2 is 2.18 bits per heavy atom. The van der Waals surface area contributed by atoms with Crippen molar-refractivity contribution in [2.75, 3.05) is 19.7 Å². The van der Waals surface area contributed by atoms with Crippen LogP contribution in [0, 0.1) is 0 Å². The van der Waals surface area contributed by atoms with Crippen LogP contribution in [0.4, 0.5) is 0 Å². The maximum atomic E-state index is 12.2. The summed E-state index contributed by atoms with van der Waals surface area (Å²) in [5.74, 6) is 0.274. The van der Waals surface area contributed by atoms with Gasteiger partial charge in [-0.15, -0.1) is 0 Å². The second kappa shape index (κ2) is 5.83. The summed E-state index contributed by atoms with van der Waals surface area (Å²) in [7, 11) is 0. The summed E-state index contributed by atoms with van der Waals surface area (Å²) in [6.07, 6.45) is 4.82. The van der Waals surface area contributed by atoms with Gasteiger partial charge >= 0.3 is 0 Å². The van der Waals surface area contributed by atoms with E-state index in [9.17, 15) is 4.79 Å². The first kappa shape index (κ1) is 12.8.